The first-order valence-electron chi connectivity index (χ1n) is 7.45. The SMILES string of the molecule is CCNC(CN(C)C(C)C(C)C)c1ccc(C)cc1. The maximum atomic E-state index is 3.60. The van der Waals surface area contributed by atoms with Gasteiger partial charge < -0.3 is 10.2 Å². The zero-order valence-electron chi connectivity index (χ0n) is 13.4. The Morgan fingerprint density at radius 3 is 2.16 bits per heavy atom. The molecule has 0 aliphatic heterocycles. The zero-order valence-corrected chi connectivity index (χ0v) is 13.4. The number of hydrogen-bond donors (Lipinski definition) is 1. The molecule has 2 nitrogen and oxygen atoms in total. The molecule has 2 heteroatoms. The summed E-state index contributed by atoms with van der Waals surface area (Å²) in [6, 6.07) is 9.91. The predicted octanol–water partition coefficient (Wildman–Crippen LogP) is 3.62. The van der Waals surface area contributed by atoms with Crippen LogP contribution < -0.4 is 5.32 Å². The van der Waals surface area contributed by atoms with Gasteiger partial charge in [-0.15, -0.1) is 0 Å². The van der Waals surface area contributed by atoms with Gasteiger partial charge in [-0.3, -0.25) is 0 Å². The molecule has 0 saturated carbocycles. The van der Waals surface area contributed by atoms with E-state index in [2.05, 4.69) is 76.1 Å². The van der Waals surface area contributed by atoms with Gasteiger partial charge in [-0.2, -0.15) is 0 Å². The van der Waals surface area contributed by atoms with Crippen LogP contribution in [0.2, 0.25) is 0 Å². The second kappa shape index (κ2) is 7.66. The Hall–Kier alpha value is -0.860. The Bertz CT molecular complexity index is 356. The van der Waals surface area contributed by atoms with Crippen LogP contribution in [0.25, 0.3) is 0 Å². The Morgan fingerprint density at radius 2 is 1.68 bits per heavy atom. The smallest absolute Gasteiger partial charge is 0.0449 e. The molecule has 0 aliphatic rings. The highest BCUT2D eigenvalue weighted by molar-refractivity contribution is 5.24. The van der Waals surface area contributed by atoms with Crippen LogP contribution in [0.1, 0.15) is 44.9 Å². The van der Waals surface area contributed by atoms with Crippen molar-refractivity contribution in [2.24, 2.45) is 5.92 Å². The van der Waals surface area contributed by atoms with Crippen LogP contribution in [0.5, 0.6) is 0 Å². The highest BCUT2D eigenvalue weighted by atomic mass is 15.2. The Labute approximate surface area is 119 Å². The highest BCUT2D eigenvalue weighted by Crippen LogP contribution is 2.17. The van der Waals surface area contributed by atoms with Gasteiger partial charge >= 0.3 is 0 Å². The molecule has 1 aromatic rings. The molecular formula is C17H30N2. The van der Waals surface area contributed by atoms with Gasteiger partial charge in [0.2, 0.25) is 0 Å². The van der Waals surface area contributed by atoms with Crippen molar-refractivity contribution in [2.75, 3.05) is 20.1 Å². The van der Waals surface area contributed by atoms with E-state index in [9.17, 15) is 0 Å². The van der Waals surface area contributed by atoms with Crippen LogP contribution in [0, 0.1) is 12.8 Å². The quantitative estimate of drug-likeness (QED) is 0.807. The lowest BCUT2D eigenvalue weighted by atomic mass is 10.0. The average molecular weight is 262 g/mol. The van der Waals surface area contributed by atoms with Crippen LogP contribution in [-0.4, -0.2) is 31.1 Å². The second-order valence-corrected chi connectivity index (χ2v) is 5.95. The molecule has 0 fully saturated rings. The molecule has 0 aromatic heterocycles. The molecule has 0 heterocycles. The largest absolute Gasteiger partial charge is 0.309 e. The molecule has 19 heavy (non-hydrogen) atoms. The minimum Gasteiger partial charge on any atom is -0.309 e. The standard InChI is InChI=1S/C17H30N2/c1-7-18-17(12-19(6)15(5)13(2)3)16-10-8-14(4)9-11-16/h8-11,13,15,17-18H,7,12H2,1-6H3. The molecule has 0 aliphatic carbocycles. The van der Waals surface area contributed by atoms with E-state index in [-0.39, 0.29) is 0 Å². The summed E-state index contributed by atoms with van der Waals surface area (Å²) in [5.74, 6) is 0.685. The van der Waals surface area contributed by atoms with Crippen molar-refractivity contribution < 1.29 is 0 Å². The van der Waals surface area contributed by atoms with Crippen molar-refractivity contribution in [3.8, 4) is 0 Å². The van der Waals surface area contributed by atoms with Gasteiger partial charge in [-0.05, 0) is 38.9 Å². The van der Waals surface area contributed by atoms with Gasteiger partial charge in [-0.25, -0.2) is 0 Å². The number of benzene rings is 1. The van der Waals surface area contributed by atoms with Crippen molar-refractivity contribution in [1.82, 2.24) is 10.2 Å². The van der Waals surface area contributed by atoms with Crippen molar-refractivity contribution in [3.63, 3.8) is 0 Å². The van der Waals surface area contributed by atoms with Gasteiger partial charge in [0, 0.05) is 18.6 Å². The predicted molar refractivity (Wildman–Crippen MR) is 84.5 cm³/mol. The molecule has 0 bridgehead atoms. The Kier molecular flexibility index (Phi) is 6.53. The molecule has 0 amide bonds. The van der Waals surface area contributed by atoms with Crippen molar-refractivity contribution >= 4 is 0 Å². The number of nitrogens with one attached hydrogen (secondary N) is 1. The maximum absolute atomic E-state index is 3.60. The van der Waals surface area contributed by atoms with Crippen LogP contribution in [-0.2, 0) is 0 Å². The molecule has 1 aromatic carbocycles. The first-order valence-corrected chi connectivity index (χ1v) is 7.45. The van der Waals surface area contributed by atoms with E-state index >= 15 is 0 Å². The first-order chi connectivity index (χ1) is 8.95. The normalized spacial score (nSPS) is 14.9. The van der Waals surface area contributed by atoms with Crippen molar-refractivity contribution in [1.29, 1.82) is 0 Å². The number of aryl methyl sites for hydroxylation is 1. The van der Waals surface area contributed by atoms with Crippen molar-refractivity contribution in [2.45, 2.75) is 46.7 Å². The molecule has 0 spiro atoms. The topological polar surface area (TPSA) is 15.3 Å². The fourth-order valence-corrected chi connectivity index (χ4v) is 2.30. The number of likely N-dealkylation sites (N-methyl/N-ethyl adjacent to an activating group) is 2. The maximum Gasteiger partial charge on any atom is 0.0449 e. The fraction of sp³-hybridized carbons (Fsp3) is 0.647. The minimum absolute atomic E-state index is 0.414. The third-order valence-electron chi connectivity index (χ3n) is 4.06. The monoisotopic (exact) mass is 262 g/mol. The van der Waals surface area contributed by atoms with Gasteiger partial charge in [0.15, 0.2) is 0 Å². The molecule has 2 atom stereocenters. The average Bonchev–Trinajstić information content (AvgIpc) is 2.38. The van der Waals surface area contributed by atoms with Crippen LogP contribution in [0.3, 0.4) is 0 Å². The van der Waals surface area contributed by atoms with E-state index in [0.29, 0.717) is 18.0 Å². The lowest BCUT2D eigenvalue weighted by Gasteiger charge is -2.32. The molecule has 1 N–H and O–H groups in total. The molecular weight excluding hydrogens is 232 g/mol. The van der Waals surface area contributed by atoms with E-state index < -0.39 is 0 Å². The Balaban J connectivity index is 2.75. The van der Waals surface area contributed by atoms with E-state index in [1.807, 2.05) is 0 Å². The molecule has 2 unspecified atom stereocenters. The zero-order chi connectivity index (χ0) is 14.4. The lowest BCUT2D eigenvalue weighted by molar-refractivity contribution is 0.188. The van der Waals surface area contributed by atoms with Gasteiger partial charge in [0.25, 0.3) is 0 Å². The number of hydrogen-bond acceptors (Lipinski definition) is 2. The Morgan fingerprint density at radius 1 is 1.11 bits per heavy atom. The second-order valence-electron chi connectivity index (χ2n) is 5.95. The number of nitrogens with zero attached hydrogens (tertiary/aromatic N) is 1. The molecule has 108 valence electrons. The van der Waals surface area contributed by atoms with E-state index in [4.69, 9.17) is 0 Å². The van der Waals surface area contributed by atoms with Crippen LogP contribution in [0.15, 0.2) is 24.3 Å². The number of rotatable bonds is 7. The summed E-state index contributed by atoms with van der Waals surface area (Å²) in [6.45, 7) is 13.2. The van der Waals surface area contributed by atoms with Crippen LogP contribution in [0.4, 0.5) is 0 Å². The minimum atomic E-state index is 0.414. The van der Waals surface area contributed by atoms with E-state index in [1.165, 1.54) is 11.1 Å². The van der Waals surface area contributed by atoms with Gasteiger partial charge in [-0.1, -0.05) is 50.6 Å². The summed E-state index contributed by atoms with van der Waals surface area (Å²) < 4.78 is 0. The third kappa shape index (κ3) is 4.96. The third-order valence-corrected chi connectivity index (χ3v) is 4.06. The van der Waals surface area contributed by atoms with Crippen LogP contribution >= 0.6 is 0 Å². The van der Waals surface area contributed by atoms with E-state index in [1.54, 1.807) is 0 Å². The first kappa shape index (κ1) is 16.2. The lowest BCUT2D eigenvalue weighted by Crippen LogP contribution is -2.40. The summed E-state index contributed by atoms with van der Waals surface area (Å²) in [7, 11) is 2.23. The van der Waals surface area contributed by atoms with E-state index in [0.717, 1.165) is 13.1 Å². The molecule has 0 saturated heterocycles. The fourth-order valence-electron chi connectivity index (χ4n) is 2.30. The van der Waals surface area contributed by atoms with Crippen molar-refractivity contribution in [3.05, 3.63) is 35.4 Å². The van der Waals surface area contributed by atoms with Gasteiger partial charge in [0.1, 0.15) is 0 Å². The molecule has 1 rings (SSSR count). The summed E-state index contributed by atoms with van der Waals surface area (Å²) in [6.07, 6.45) is 0. The summed E-state index contributed by atoms with van der Waals surface area (Å²) in [5, 5.41) is 3.60. The molecule has 0 radical (unpaired) electrons. The summed E-state index contributed by atoms with van der Waals surface area (Å²) in [4.78, 5) is 2.46. The highest BCUT2D eigenvalue weighted by Gasteiger charge is 2.18. The summed E-state index contributed by atoms with van der Waals surface area (Å²) >= 11 is 0. The van der Waals surface area contributed by atoms with Gasteiger partial charge in [0.05, 0.1) is 0 Å². The summed E-state index contributed by atoms with van der Waals surface area (Å²) in [5.41, 5.74) is 2.71.